The van der Waals surface area contributed by atoms with Crippen molar-refractivity contribution in [3.8, 4) is 0 Å². The van der Waals surface area contributed by atoms with Gasteiger partial charge < -0.3 is 15.5 Å². The summed E-state index contributed by atoms with van der Waals surface area (Å²) in [6.45, 7) is 4.02. The van der Waals surface area contributed by atoms with Crippen LogP contribution in [0.1, 0.15) is 57.4 Å². The number of amides is 2. The van der Waals surface area contributed by atoms with Crippen LogP contribution < -0.4 is 10.6 Å². The average molecular weight is 360 g/mol. The van der Waals surface area contributed by atoms with E-state index < -0.39 is 0 Å². The summed E-state index contributed by atoms with van der Waals surface area (Å²) in [6.07, 6.45) is 8.17. The minimum absolute atomic E-state index is 0.00307. The van der Waals surface area contributed by atoms with E-state index in [9.17, 15) is 9.59 Å². The summed E-state index contributed by atoms with van der Waals surface area (Å²) in [5, 5.41) is 6.51. The van der Waals surface area contributed by atoms with Crippen LogP contribution in [0.25, 0.3) is 0 Å². The maximum absolute atomic E-state index is 12.1. The topological polar surface area (TPSA) is 61.4 Å². The smallest absolute Gasteiger partial charge is 0.221 e. The Balaban J connectivity index is 1.62. The van der Waals surface area contributed by atoms with Crippen molar-refractivity contribution in [1.82, 2.24) is 15.5 Å². The first-order chi connectivity index (χ1) is 12.6. The van der Waals surface area contributed by atoms with Crippen molar-refractivity contribution in [3.05, 3.63) is 35.9 Å². The molecule has 0 bridgehead atoms. The fourth-order valence-electron chi connectivity index (χ4n) is 3.44. The van der Waals surface area contributed by atoms with Gasteiger partial charge in [0.15, 0.2) is 0 Å². The zero-order valence-electron chi connectivity index (χ0n) is 16.0. The SMILES string of the molecule is CC(=O)N(CCC(=O)NCCNC1CCCCCC1)Cc1ccccc1. The molecule has 0 atom stereocenters. The van der Waals surface area contributed by atoms with Gasteiger partial charge in [0.05, 0.1) is 0 Å². The molecule has 1 aliphatic carbocycles. The quantitative estimate of drug-likeness (QED) is 0.526. The lowest BCUT2D eigenvalue weighted by Gasteiger charge is -2.21. The van der Waals surface area contributed by atoms with Crippen LogP contribution in [0.5, 0.6) is 0 Å². The molecule has 0 radical (unpaired) electrons. The normalized spacial score (nSPS) is 15.3. The van der Waals surface area contributed by atoms with E-state index in [-0.39, 0.29) is 11.8 Å². The van der Waals surface area contributed by atoms with Gasteiger partial charge in [-0.05, 0) is 18.4 Å². The molecule has 1 saturated carbocycles. The average Bonchev–Trinajstić information content (AvgIpc) is 2.91. The standard InChI is InChI=1S/C21H33N3O2/c1-18(25)24(17-19-9-5-4-6-10-19)16-13-21(26)23-15-14-22-20-11-7-2-3-8-12-20/h4-6,9-10,20,22H,2-3,7-8,11-17H2,1H3,(H,23,26). The molecule has 0 saturated heterocycles. The van der Waals surface area contributed by atoms with E-state index in [4.69, 9.17) is 0 Å². The summed E-state index contributed by atoms with van der Waals surface area (Å²) in [6, 6.07) is 10.5. The predicted molar refractivity (Wildman–Crippen MR) is 105 cm³/mol. The molecule has 2 rings (SSSR count). The highest BCUT2D eigenvalue weighted by atomic mass is 16.2. The van der Waals surface area contributed by atoms with Crippen LogP contribution in [0.15, 0.2) is 30.3 Å². The summed E-state index contributed by atoms with van der Waals surface area (Å²) < 4.78 is 0. The maximum Gasteiger partial charge on any atom is 0.221 e. The Morgan fingerprint density at radius 3 is 2.38 bits per heavy atom. The molecule has 5 heteroatoms. The second kappa shape index (κ2) is 11.7. The van der Waals surface area contributed by atoms with Gasteiger partial charge in [-0.1, -0.05) is 56.0 Å². The van der Waals surface area contributed by atoms with Crippen LogP contribution in [0.4, 0.5) is 0 Å². The number of carbonyl (C=O) groups excluding carboxylic acids is 2. The molecule has 26 heavy (non-hydrogen) atoms. The fraction of sp³-hybridized carbons (Fsp3) is 0.619. The van der Waals surface area contributed by atoms with E-state index in [0.29, 0.717) is 32.1 Å². The number of benzene rings is 1. The molecule has 0 aromatic heterocycles. The lowest BCUT2D eigenvalue weighted by atomic mass is 10.1. The fourth-order valence-corrected chi connectivity index (χ4v) is 3.44. The van der Waals surface area contributed by atoms with Crippen molar-refractivity contribution in [3.63, 3.8) is 0 Å². The van der Waals surface area contributed by atoms with Gasteiger partial charge in [-0.3, -0.25) is 9.59 Å². The van der Waals surface area contributed by atoms with Crippen molar-refractivity contribution in [2.75, 3.05) is 19.6 Å². The van der Waals surface area contributed by atoms with E-state index in [1.54, 1.807) is 11.8 Å². The zero-order chi connectivity index (χ0) is 18.6. The maximum atomic E-state index is 12.1. The van der Waals surface area contributed by atoms with E-state index in [1.165, 1.54) is 38.5 Å². The van der Waals surface area contributed by atoms with Gasteiger partial charge in [-0.25, -0.2) is 0 Å². The number of nitrogens with zero attached hydrogens (tertiary/aromatic N) is 1. The van der Waals surface area contributed by atoms with Gasteiger partial charge in [-0.15, -0.1) is 0 Å². The van der Waals surface area contributed by atoms with Gasteiger partial charge in [0, 0.05) is 45.6 Å². The number of carbonyl (C=O) groups is 2. The molecule has 1 fully saturated rings. The van der Waals surface area contributed by atoms with E-state index in [0.717, 1.165) is 12.1 Å². The first-order valence-corrected chi connectivity index (χ1v) is 9.94. The number of hydrogen-bond donors (Lipinski definition) is 2. The van der Waals surface area contributed by atoms with Crippen LogP contribution in [-0.2, 0) is 16.1 Å². The summed E-state index contributed by atoms with van der Waals surface area (Å²) in [7, 11) is 0. The van der Waals surface area contributed by atoms with Gasteiger partial charge in [0.25, 0.3) is 0 Å². The molecular formula is C21H33N3O2. The van der Waals surface area contributed by atoms with Crippen LogP contribution in [0, 0.1) is 0 Å². The Labute approximate surface area is 157 Å². The number of hydrogen-bond acceptors (Lipinski definition) is 3. The molecule has 1 aromatic carbocycles. The minimum atomic E-state index is -0.00307. The van der Waals surface area contributed by atoms with Crippen molar-refractivity contribution in [1.29, 1.82) is 0 Å². The second-order valence-corrected chi connectivity index (χ2v) is 7.17. The van der Waals surface area contributed by atoms with Crippen molar-refractivity contribution in [2.45, 2.75) is 64.5 Å². The largest absolute Gasteiger partial charge is 0.355 e. The third-order valence-electron chi connectivity index (χ3n) is 5.01. The highest BCUT2D eigenvalue weighted by Gasteiger charge is 2.13. The third kappa shape index (κ3) is 8.00. The second-order valence-electron chi connectivity index (χ2n) is 7.17. The van der Waals surface area contributed by atoms with Crippen molar-refractivity contribution >= 4 is 11.8 Å². The summed E-state index contributed by atoms with van der Waals surface area (Å²) in [5.74, 6) is 0.00339. The Morgan fingerprint density at radius 2 is 1.73 bits per heavy atom. The van der Waals surface area contributed by atoms with Gasteiger partial charge in [-0.2, -0.15) is 0 Å². The molecule has 0 aliphatic heterocycles. The Hall–Kier alpha value is -1.88. The number of rotatable bonds is 9. The summed E-state index contributed by atoms with van der Waals surface area (Å²) in [5.41, 5.74) is 1.08. The molecule has 1 aromatic rings. The Bertz CT molecular complexity index is 539. The first-order valence-electron chi connectivity index (χ1n) is 9.94. The van der Waals surface area contributed by atoms with Crippen molar-refractivity contribution in [2.24, 2.45) is 0 Å². The van der Waals surface area contributed by atoms with Gasteiger partial charge in [0.1, 0.15) is 0 Å². The third-order valence-corrected chi connectivity index (χ3v) is 5.01. The lowest BCUT2D eigenvalue weighted by Crippen LogP contribution is -2.38. The van der Waals surface area contributed by atoms with Crippen molar-refractivity contribution < 1.29 is 9.59 Å². The minimum Gasteiger partial charge on any atom is -0.355 e. The van der Waals surface area contributed by atoms with Crippen LogP contribution in [0.2, 0.25) is 0 Å². The van der Waals surface area contributed by atoms with E-state index >= 15 is 0 Å². The molecule has 0 spiro atoms. The first kappa shape index (κ1) is 20.4. The zero-order valence-corrected chi connectivity index (χ0v) is 16.0. The Kier molecular flexibility index (Phi) is 9.18. The molecule has 2 amide bonds. The summed E-state index contributed by atoms with van der Waals surface area (Å²) in [4.78, 5) is 25.6. The monoisotopic (exact) mass is 359 g/mol. The van der Waals surface area contributed by atoms with Gasteiger partial charge in [0.2, 0.25) is 11.8 Å². The molecular weight excluding hydrogens is 326 g/mol. The van der Waals surface area contributed by atoms with Crippen LogP contribution in [-0.4, -0.2) is 42.4 Å². The van der Waals surface area contributed by atoms with E-state index in [2.05, 4.69) is 10.6 Å². The van der Waals surface area contributed by atoms with Crippen LogP contribution >= 0.6 is 0 Å². The highest BCUT2D eigenvalue weighted by Crippen LogP contribution is 2.16. The van der Waals surface area contributed by atoms with Gasteiger partial charge >= 0.3 is 0 Å². The highest BCUT2D eigenvalue weighted by molar-refractivity contribution is 5.78. The molecule has 144 valence electrons. The predicted octanol–water partition coefficient (Wildman–Crippen LogP) is 2.85. The van der Waals surface area contributed by atoms with Crippen LogP contribution in [0.3, 0.4) is 0 Å². The molecule has 1 aliphatic rings. The molecule has 5 nitrogen and oxygen atoms in total. The van der Waals surface area contributed by atoms with E-state index in [1.807, 2.05) is 30.3 Å². The summed E-state index contributed by atoms with van der Waals surface area (Å²) >= 11 is 0. The molecule has 0 unspecified atom stereocenters. The molecule has 0 heterocycles. The molecule has 2 N–H and O–H groups in total. The Morgan fingerprint density at radius 1 is 1.04 bits per heavy atom. The number of nitrogens with one attached hydrogen (secondary N) is 2. The lowest BCUT2D eigenvalue weighted by molar-refractivity contribution is -0.130.